The summed E-state index contributed by atoms with van der Waals surface area (Å²) in [5.41, 5.74) is 0.734. The van der Waals surface area contributed by atoms with Crippen LogP contribution in [0, 0.1) is 11.8 Å². The van der Waals surface area contributed by atoms with Gasteiger partial charge < -0.3 is 14.9 Å². The topological polar surface area (TPSA) is 66.8 Å². The van der Waals surface area contributed by atoms with E-state index in [1.807, 2.05) is 0 Å². The van der Waals surface area contributed by atoms with Crippen molar-refractivity contribution in [2.24, 2.45) is 11.8 Å². The Hall–Kier alpha value is -1.71. The zero-order valence-corrected chi connectivity index (χ0v) is 17.2. The van der Waals surface area contributed by atoms with Gasteiger partial charge in [-0.05, 0) is 48.6 Å². The molecule has 0 saturated heterocycles. The molecule has 0 amide bonds. The predicted octanol–water partition coefficient (Wildman–Crippen LogP) is 5.70. The first-order chi connectivity index (χ1) is 12.8. The van der Waals surface area contributed by atoms with Crippen LogP contribution in [0.25, 0.3) is 0 Å². The lowest BCUT2D eigenvalue weighted by molar-refractivity contribution is -0.150. The molecule has 27 heavy (non-hydrogen) atoms. The Morgan fingerprint density at radius 3 is 2.59 bits per heavy atom. The average molecular weight is 377 g/mol. The molecule has 2 unspecified atom stereocenters. The molecule has 0 radical (unpaired) electrons. The van der Waals surface area contributed by atoms with E-state index in [-0.39, 0.29) is 28.8 Å². The third kappa shape index (κ3) is 6.75. The highest BCUT2D eigenvalue weighted by molar-refractivity contribution is 5.72. The van der Waals surface area contributed by atoms with E-state index in [9.17, 15) is 15.0 Å². The molecule has 1 aromatic rings. The predicted molar refractivity (Wildman–Crippen MR) is 108 cm³/mol. The van der Waals surface area contributed by atoms with Crippen LogP contribution in [0.15, 0.2) is 18.2 Å². The van der Waals surface area contributed by atoms with E-state index in [1.165, 1.54) is 12.5 Å². The van der Waals surface area contributed by atoms with Crippen LogP contribution in [0.1, 0.15) is 84.1 Å². The Balaban J connectivity index is 1.60. The van der Waals surface area contributed by atoms with Crippen LogP contribution in [-0.2, 0) is 14.9 Å². The monoisotopic (exact) mass is 376 g/mol. The van der Waals surface area contributed by atoms with Crippen molar-refractivity contribution < 1.29 is 19.7 Å². The fourth-order valence-corrected chi connectivity index (χ4v) is 4.19. The molecule has 1 aliphatic rings. The van der Waals surface area contributed by atoms with E-state index in [1.54, 1.807) is 12.1 Å². The zero-order valence-electron chi connectivity index (χ0n) is 17.2. The quantitative estimate of drug-likeness (QED) is 0.429. The van der Waals surface area contributed by atoms with Crippen molar-refractivity contribution in [3.8, 4) is 11.5 Å². The van der Waals surface area contributed by atoms with Crippen molar-refractivity contribution in [3.05, 3.63) is 23.8 Å². The van der Waals surface area contributed by atoms with Gasteiger partial charge in [0, 0.05) is 6.07 Å². The third-order valence-electron chi connectivity index (χ3n) is 5.92. The Kier molecular flexibility index (Phi) is 8.00. The molecule has 2 N–H and O–H groups in total. The third-order valence-corrected chi connectivity index (χ3v) is 5.92. The number of esters is 1. The molecule has 0 spiro atoms. The molecule has 2 rings (SSSR count). The smallest absolute Gasteiger partial charge is 0.308 e. The first-order valence-corrected chi connectivity index (χ1v) is 10.5. The molecule has 4 heteroatoms. The lowest BCUT2D eigenvalue weighted by atomic mass is 9.79. The number of hydrogen-bond donors (Lipinski definition) is 2. The van der Waals surface area contributed by atoms with Gasteiger partial charge in [-0.15, -0.1) is 0 Å². The van der Waals surface area contributed by atoms with E-state index in [0.29, 0.717) is 12.5 Å². The summed E-state index contributed by atoms with van der Waals surface area (Å²) in [7, 11) is 0. The highest BCUT2D eigenvalue weighted by Crippen LogP contribution is 2.37. The molecule has 2 atom stereocenters. The summed E-state index contributed by atoms with van der Waals surface area (Å²) in [4.78, 5) is 12.1. The summed E-state index contributed by atoms with van der Waals surface area (Å²) < 4.78 is 5.48. The van der Waals surface area contributed by atoms with Gasteiger partial charge in [0.15, 0.2) is 0 Å². The molecule has 1 aromatic carbocycles. The van der Waals surface area contributed by atoms with Crippen LogP contribution >= 0.6 is 0 Å². The molecule has 152 valence electrons. The maximum absolute atomic E-state index is 12.1. The van der Waals surface area contributed by atoms with E-state index in [0.717, 1.165) is 56.9 Å². The fraction of sp³-hybridized carbons (Fsp3) is 0.696. The Morgan fingerprint density at radius 1 is 1.15 bits per heavy atom. The molecular weight excluding hydrogens is 340 g/mol. The summed E-state index contributed by atoms with van der Waals surface area (Å²) in [6.45, 7) is 6.99. The second-order valence-electron chi connectivity index (χ2n) is 8.89. The molecule has 0 aliphatic heterocycles. The summed E-state index contributed by atoms with van der Waals surface area (Å²) in [5, 5.41) is 19.5. The van der Waals surface area contributed by atoms with Gasteiger partial charge in [0.25, 0.3) is 0 Å². The number of rotatable bonds is 9. The minimum absolute atomic E-state index is 0.00508. The number of carbonyl (C=O) groups excluding carboxylic acids is 1. The zero-order chi connectivity index (χ0) is 19.9. The second-order valence-corrected chi connectivity index (χ2v) is 8.89. The summed E-state index contributed by atoms with van der Waals surface area (Å²) >= 11 is 0. The Morgan fingerprint density at radius 2 is 1.89 bits per heavy atom. The standard InChI is InChI=1S/C23H36O4/c1-17-9-8-10-18(15-17)22(26)27-14-7-5-4-6-13-23(2,3)20-12-11-19(24)16-21(20)25/h11-12,16-18,24-25H,4-10,13-15H2,1-3H3. The number of unbranched alkanes of at least 4 members (excludes halogenated alkanes) is 3. The van der Waals surface area contributed by atoms with Gasteiger partial charge >= 0.3 is 5.97 Å². The minimum Gasteiger partial charge on any atom is -0.508 e. The SMILES string of the molecule is CC1CCCC(C(=O)OCCCCCCC(C)(C)c2ccc(O)cc2O)C1. The maximum Gasteiger partial charge on any atom is 0.308 e. The number of carbonyl (C=O) groups is 1. The van der Waals surface area contributed by atoms with Gasteiger partial charge in [-0.1, -0.05) is 58.9 Å². The molecule has 1 saturated carbocycles. The molecule has 0 bridgehead atoms. The van der Waals surface area contributed by atoms with Gasteiger partial charge in [-0.2, -0.15) is 0 Å². The summed E-state index contributed by atoms with van der Waals surface area (Å²) in [6, 6.07) is 4.83. The number of aromatic hydroxyl groups is 2. The Labute approximate surface area is 163 Å². The molecular formula is C23H36O4. The van der Waals surface area contributed by atoms with Gasteiger partial charge in [-0.25, -0.2) is 0 Å². The lowest BCUT2D eigenvalue weighted by Crippen LogP contribution is -2.24. The summed E-state index contributed by atoms with van der Waals surface area (Å²) in [6.07, 6.45) is 9.42. The van der Waals surface area contributed by atoms with Crippen LogP contribution in [0.4, 0.5) is 0 Å². The normalized spacial score (nSPS) is 20.4. The van der Waals surface area contributed by atoms with Crippen LogP contribution in [-0.4, -0.2) is 22.8 Å². The van der Waals surface area contributed by atoms with Crippen molar-refractivity contribution in [2.45, 2.75) is 84.0 Å². The largest absolute Gasteiger partial charge is 0.508 e. The van der Waals surface area contributed by atoms with Crippen LogP contribution in [0.3, 0.4) is 0 Å². The highest BCUT2D eigenvalue weighted by Gasteiger charge is 2.26. The van der Waals surface area contributed by atoms with Crippen molar-refractivity contribution in [2.75, 3.05) is 6.61 Å². The average Bonchev–Trinajstić information content (AvgIpc) is 2.60. The first kappa shape index (κ1) is 21.6. The number of ether oxygens (including phenoxy) is 1. The maximum atomic E-state index is 12.1. The first-order valence-electron chi connectivity index (χ1n) is 10.5. The minimum atomic E-state index is -0.137. The van der Waals surface area contributed by atoms with Crippen molar-refractivity contribution in [1.82, 2.24) is 0 Å². The van der Waals surface area contributed by atoms with Crippen molar-refractivity contribution >= 4 is 5.97 Å². The molecule has 0 heterocycles. The van der Waals surface area contributed by atoms with E-state index in [4.69, 9.17) is 4.74 Å². The van der Waals surface area contributed by atoms with Gasteiger partial charge in [0.05, 0.1) is 12.5 Å². The van der Waals surface area contributed by atoms with E-state index in [2.05, 4.69) is 20.8 Å². The van der Waals surface area contributed by atoms with Gasteiger partial charge in [-0.3, -0.25) is 4.79 Å². The van der Waals surface area contributed by atoms with Crippen molar-refractivity contribution in [1.29, 1.82) is 0 Å². The number of hydrogen-bond acceptors (Lipinski definition) is 4. The molecule has 1 fully saturated rings. The van der Waals surface area contributed by atoms with E-state index >= 15 is 0 Å². The van der Waals surface area contributed by atoms with Crippen LogP contribution in [0.2, 0.25) is 0 Å². The second kappa shape index (κ2) is 10.0. The van der Waals surface area contributed by atoms with E-state index < -0.39 is 0 Å². The molecule has 0 aromatic heterocycles. The number of phenolic OH excluding ortho intramolecular Hbond substituents is 2. The van der Waals surface area contributed by atoms with Crippen LogP contribution in [0.5, 0.6) is 11.5 Å². The Bertz CT molecular complexity index is 608. The van der Waals surface area contributed by atoms with Crippen LogP contribution < -0.4 is 0 Å². The molecule has 4 nitrogen and oxygen atoms in total. The number of benzene rings is 1. The van der Waals surface area contributed by atoms with Crippen molar-refractivity contribution in [3.63, 3.8) is 0 Å². The molecule has 1 aliphatic carbocycles. The highest BCUT2D eigenvalue weighted by atomic mass is 16.5. The summed E-state index contributed by atoms with van der Waals surface area (Å²) in [5.74, 6) is 1.01. The van der Waals surface area contributed by atoms with Gasteiger partial charge in [0.1, 0.15) is 11.5 Å². The van der Waals surface area contributed by atoms with Gasteiger partial charge in [0.2, 0.25) is 0 Å². The fourth-order valence-electron chi connectivity index (χ4n) is 4.19. The lowest BCUT2D eigenvalue weighted by Gasteiger charge is -2.26. The number of phenols is 2.